The summed E-state index contributed by atoms with van der Waals surface area (Å²) in [5, 5.41) is 6.91. The van der Waals surface area contributed by atoms with Crippen molar-refractivity contribution in [3.8, 4) is 5.75 Å². The normalized spacial score (nSPS) is 10.0. The van der Waals surface area contributed by atoms with Crippen LogP contribution in [-0.2, 0) is 4.79 Å². The van der Waals surface area contributed by atoms with Crippen LogP contribution in [-0.4, -0.2) is 19.6 Å². The van der Waals surface area contributed by atoms with Gasteiger partial charge < -0.3 is 15.4 Å². The largest absolute Gasteiger partial charge is 0.495 e. The van der Waals surface area contributed by atoms with Gasteiger partial charge in [0.05, 0.1) is 18.7 Å². The Morgan fingerprint density at radius 3 is 2.43 bits per heavy atom. The molecule has 0 atom stereocenters. The lowest BCUT2D eigenvalue weighted by Crippen LogP contribution is -2.21. The minimum absolute atomic E-state index is 0.132. The van der Waals surface area contributed by atoms with E-state index in [1.54, 1.807) is 42.5 Å². The molecule has 2 aromatic carbocycles. The van der Waals surface area contributed by atoms with Crippen molar-refractivity contribution in [2.75, 3.05) is 24.3 Å². The number of methoxy groups -OCH3 is 1. The summed E-state index contributed by atoms with van der Waals surface area (Å²) in [7, 11) is 1.54. The van der Waals surface area contributed by atoms with Crippen molar-refractivity contribution in [1.82, 2.24) is 0 Å². The summed E-state index contributed by atoms with van der Waals surface area (Å²) in [6.07, 6.45) is 0. The molecule has 0 saturated carbocycles. The number of anilines is 2. The van der Waals surface area contributed by atoms with Gasteiger partial charge in [-0.1, -0.05) is 23.2 Å². The van der Waals surface area contributed by atoms with Gasteiger partial charge in [-0.15, -0.1) is 0 Å². The maximum absolute atomic E-state index is 11.8. The zero-order valence-electron chi connectivity index (χ0n) is 11.3. The third kappa shape index (κ3) is 4.55. The van der Waals surface area contributed by atoms with E-state index in [0.717, 1.165) is 5.69 Å². The first-order valence-electron chi connectivity index (χ1n) is 6.21. The number of hydrogen-bond donors (Lipinski definition) is 2. The second-order valence-corrected chi connectivity index (χ2v) is 5.10. The van der Waals surface area contributed by atoms with Crippen LogP contribution in [0.3, 0.4) is 0 Å². The average molecular weight is 325 g/mol. The maximum atomic E-state index is 11.8. The van der Waals surface area contributed by atoms with Crippen molar-refractivity contribution in [3.05, 3.63) is 52.5 Å². The molecule has 0 radical (unpaired) electrons. The number of amides is 1. The molecule has 2 aromatic rings. The Labute approximate surface area is 133 Å². The van der Waals surface area contributed by atoms with E-state index >= 15 is 0 Å². The highest BCUT2D eigenvalue weighted by Gasteiger charge is 2.05. The molecule has 110 valence electrons. The van der Waals surface area contributed by atoms with Crippen molar-refractivity contribution in [2.24, 2.45) is 0 Å². The Morgan fingerprint density at radius 2 is 1.76 bits per heavy atom. The van der Waals surface area contributed by atoms with Crippen LogP contribution in [0.15, 0.2) is 42.5 Å². The van der Waals surface area contributed by atoms with E-state index in [1.165, 1.54) is 7.11 Å². The summed E-state index contributed by atoms with van der Waals surface area (Å²) in [6, 6.07) is 12.1. The van der Waals surface area contributed by atoms with Gasteiger partial charge in [0.25, 0.3) is 0 Å². The van der Waals surface area contributed by atoms with Gasteiger partial charge in [0.1, 0.15) is 5.75 Å². The molecule has 0 heterocycles. The third-order valence-electron chi connectivity index (χ3n) is 2.73. The lowest BCUT2D eigenvalue weighted by atomic mass is 10.3. The first kappa shape index (κ1) is 15.5. The summed E-state index contributed by atoms with van der Waals surface area (Å²) in [5.74, 6) is 0.394. The van der Waals surface area contributed by atoms with Gasteiger partial charge in [-0.3, -0.25) is 4.79 Å². The molecule has 2 rings (SSSR count). The summed E-state index contributed by atoms with van der Waals surface area (Å²) < 4.78 is 5.11. The van der Waals surface area contributed by atoms with Crippen LogP contribution in [0.5, 0.6) is 5.75 Å². The Morgan fingerprint density at radius 1 is 1.10 bits per heavy atom. The molecule has 2 N–H and O–H groups in total. The third-order valence-corrected chi connectivity index (χ3v) is 3.30. The topological polar surface area (TPSA) is 50.4 Å². The van der Waals surface area contributed by atoms with E-state index in [9.17, 15) is 4.79 Å². The number of ether oxygens (including phenoxy) is 1. The van der Waals surface area contributed by atoms with E-state index in [1.807, 2.05) is 0 Å². The molecule has 6 heteroatoms. The molecule has 0 spiro atoms. The number of carbonyl (C=O) groups excluding carboxylic acids is 1. The minimum atomic E-state index is -0.161. The Balaban J connectivity index is 1.90. The highest BCUT2D eigenvalue weighted by atomic mass is 35.5. The monoisotopic (exact) mass is 324 g/mol. The van der Waals surface area contributed by atoms with Crippen LogP contribution in [0.4, 0.5) is 11.4 Å². The van der Waals surface area contributed by atoms with E-state index < -0.39 is 0 Å². The molecule has 0 aliphatic heterocycles. The summed E-state index contributed by atoms with van der Waals surface area (Å²) in [6.45, 7) is 0.132. The lowest BCUT2D eigenvalue weighted by Gasteiger charge is -2.10. The van der Waals surface area contributed by atoms with Gasteiger partial charge in [-0.05, 0) is 36.4 Å². The SMILES string of the molecule is COc1cc(NCC(=O)Nc2ccc(Cl)cc2)ccc1Cl. The summed E-state index contributed by atoms with van der Waals surface area (Å²) >= 11 is 11.7. The molecule has 0 aliphatic rings. The standard InChI is InChI=1S/C15H14Cl2N2O2/c1-21-14-8-12(6-7-13(14)17)18-9-15(20)19-11-4-2-10(16)3-5-11/h2-8,18H,9H2,1H3,(H,19,20). The zero-order chi connectivity index (χ0) is 15.2. The fraction of sp³-hybridized carbons (Fsp3) is 0.133. The fourth-order valence-corrected chi connectivity index (χ4v) is 2.01. The van der Waals surface area contributed by atoms with E-state index in [-0.39, 0.29) is 12.5 Å². The van der Waals surface area contributed by atoms with E-state index in [0.29, 0.717) is 21.5 Å². The van der Waals surface area contributed by atoms with Gasteiger partial charge in [-0.2, -0.15) is 0 Å². The first-order valence-corrected chi connectivity index (χ1v) is 6.97. The zero-order valence-corrected chi connectivity index (χ0v) is 12.8. The molecule has 4 nitrogen and oxygen atoms in total. The van der Waals surface area contributed by atoms with Crippen molar-refractivity contribution < 1.29 is 9.53 Å². The fourth-order valence-electron chi connectivity index (χ4n) is 1.69. The number of hydrogen-bond acceptors (Lipinski definition) is 3. The lowest BCUT2D eigenvalue weighted by molar-refractivity contribution is -0.114. The van der Waals surface area contributed by atoms with Crippen molar-refractivity contribution >= 4 is 40.5 Å². The molecule has 0 aromatic heterocycles. The van der Waals surface area contributed by atoms with Gasteiger partial charge in [-0.25, -0.2) is 0 Å². The number of halogens is 2. The quantitative estimate of drug-likeness (QED) is 0.872. The molecule has 0 unspecified atom stereocenters. The van der Waals surface area contributed by atoms with Gasteiger partial charge >= 0.3 is 0 Å². The van der Waals surface area contributed by atoms with Crippen LogP contribution in [0.2, 0.25) is 10.0 Å². The minimum Gasteiger partial charge on any atom is -0.495 e. The number of carbonyl (C=O) groups is 1. The maximum Gasteiger partial charge on any atom is 0.243 e. The van der Waals surface area contributed by atoms with Crippen molar-refractivity contribution in [1.29, 1.82) is 0 Å². The number of nitrogens with one attached hydrogen (secondary N) is 2. The van der Waals surface area contributed by atoms with Crippen LogP contribution in [0, 0.1) is 0 Å². The number of benzene rings is 2. The Bertz CT molecular complexity index is 630. The Hall–Kier alpha value is -1.91. The highest BCUT2D eigenvalue weighted by molar-refractivity contribution is 6.32. The smallest absolute Gasteiger partial charge is 0.243 e. The predicted octanol–water partition coefficient (Wildman–Crippen LogP) is 4.05. The van der Waals surface area contributed by atoms with Crippen LogP contribution >= 0.6 is 23.2 Å². The average Bonchev–Trinajstić information content (AvgIpc) is 2.49. The molecule has 0 fully saturated rings. The molecule has 21 heavy (non-hydrogen) atoms. The molecular weight excluding hydrogens is 311 g/mol. The molecular formula is C15H14Cl2N2O2. The van der Waals surface area contributed by atoms with Crippen molar-refractivity contribution in [3.63, 3.8) is 0 Å². The van der Waals surface area contributed by atoms with Gasteiger partial charge in [0, 0.05) is 22.5 Å². The molecule has 0 bridgehead atoms. The molecule has 0 saturated heterocycles. The van der Waals surface area contributed by atoms with E-state index in [2.05, 4.69) is 10.6 Å². The van der Waals surface area contributed by atoms with Crippen LogP contribution in [0.1, 0.15) is 0 Å². The molecule has 1 amide bonds. The predicted molar refractivity (Wildman–Crippen MR) is 86.6 cm³/mol. The number of rotatable bonds is 5. The van der Waals surface area contributed by atoms with Crippen LogP contribution < -0.4 is 15.4 Å². The Kier molecular flexibility index (Phi) is 5.31. The molecule has 0 aliphatic carbocycles. The van der Waals surface area contributed by atoms with E-state index in [4.69, 9.17) is 27.9 Å². The van der Waals surface area contributed by atoms with Crippen LogP contribution in [0.25, 0.3) is 0 Å². The second-order valence-electron chi connectivity index (χ2n) is 4.26. The second kappa shape index (κ2) is 7.20. The van der Waals surface area contributed by atoms with Crippen molar-refractivity contribution in [2.45, 2.75) is 0 Å². The first-order chi connectivity index (χ1) is 10.1. The van der Waals surface area contributed by atoms with Gasteiger partial charge in [0.15, 0.2) is 0 Å². The summed E-state index contributed by atoms with van der Waals surface area (Å²) in [4.78, 5) is 11.8. The van der Waals surface area contributed by atoms with Gasteiger partial charge in [0.2, 0.25) is 5.91 Å². The summed E-state index contributed by atoms with van der Waals surface area (Å²) in [5.41, 5.74) is 1.45. The highest BCUT2D eigenvalue weighted by Crippen LogP contribution is 2.27.